The first-order valence-electron chi connectivity index (χ1n) is 10.1. The molecule has 0 bridgehead atoms. The standard InChI is InChI=1S/C21H22FN9/c1-13-9-14(23)12-30(11-13)18-6-8-24-10-17(18)26-21-28-27-19-5-4-16(29-31(19)21)20-15(22)3-2-7-25-20/h2-8,10,13-14H,9,11-12,23H2,1H3,(H,26,28). The molecule has 0 spiro atoms. The average molecular weight is 419 g/mol. The van der Waals surface area contributed by atoms with E-state index in [9.17, 15) is 4.39 Å². The van der Waals surface area contributed by atoms with E-state index >= 15 is 0 Å². The molecule has 4 aromatic rings. The number of rotatable bonds is 4. The van der Waals surface area contributed by atoms with Crippen LogP contribution in [0.3, 0.4) is 0 Å². The van der Waals surface area contributed by atoms with Crippen LogP contribution in [0.5, 0.6) is 0 Å². The Morgan fingerprint density at radius 3 is 2.87 bits per heavy atom. The summed E-state index contributed by atoms with van der Waals surface area (Å²) in [5.74, 6) is 0.454. The van der Waals surface area contributed by atoms with E-state index in [2.05, 4.69) is 42.4 Å². The molecular weight excluding hydrogens is 397 g/mol. The second-order valence-electron chi connectivity index (χ2n) is 7.87. The zero-order valence-electron chi connectivity index (χ0n) is 17.0. The number of hydrogen-bond acceptors (Lipinski definition) is 8. The highest BCUT2D eigenvalue weighted by molar-refractivity contribution is 5.73. The minimum Gasteiger partial charge on any atom is -0.368 e. The molecular formula is C21H22FN9. The van der Waals surface area contributed by atoms with Gasteiger partial charge in [-0.05, 0) is 42.7 Å². The molecule has 1 aliphatic heterocycles. The Morgan fingerprint density at radius 1 is 1.13 bits per heavy atom. The first-order valence-corrected chi connectivity index (χ1v) is 10.1. The van der Waals surface area contributed by atoms with Gasteiger partial charge in [0.1, 0.15) is 11.4 Å². The van der Waals surface area contributed by atoms with Gasteiger partial charge in [-0.15, -0.1) is 10.2 Å². The molecule has 0 radical (unpaired) electrons. The molecule has 0 saturated carbocycles. The Kier molecular flexibility index (Phi) is 4.91. The summed E-state index contributed by atoms with van der Waals surface area (Å²) in [5.41, 5.74) is 9.09. The van der Waals surface area contributed by atoms with E-state index in [4.69, 9.17) is 5.73 Å². The topological polar surface area (TPSA) is 110 Å². The minimum atomic E-state index is -0.443. The lowest BCUT2D eigenvalue weighted by molar-refractivity contribution is 0.402. The lowest BCUT2D eigenvalue weighted by atomic mass is 9.96. The van der Waals surface area contributed by atoms with Gasteiger partial charge in [-0.2, -0.15) is 9.61 Å². The molecule has 4 aromatic heterocycles. The van der Waals surface area contributed by atoms with Gasteiger partial charge >= 0.3 is 0 Å². The molecule has 0 aliphatic carbocycles. The summed E-state index contributed by atoms with van der Waals surface area (Å²) < 4.78 is 15.7. The summed E-state index contributed by atoms with van der Waals surface area (Å²) in [7, 11) is 0. The minimum absolute atomic E-state index is 0.121. The molecule has 1 fully saturated rings. The number of nitrogens with one attached hydrogen (secondary N) is 1. The molecule has 0 amide bonds. The Labute approximate surface area is 178 Å². The van der Waals surface area contributed by atoms with Crippen LogP contribution < -0.4 is 16.0 Å². The molecule has 9 nitrogen and oxygen atoms in total. The van der Waals surface area contributed by atoms with Gasteiger partial charge in [0, 0.05) is 31.5 Å². The number of fused-ring (bicyclic) bond motifs is 1. The second-order valence-corrected chi connectivity index (χ2v) is 7.87. The number of hydrogen-bond donors (Lipinski definition) is 2. The number of halogens is 1. The van der Waals surface area contributed by atoms with Crippen molar-refractivity contribution in [1.82, 2.24) is 29.8 Å². The number of anilines is 3. The summed E-state index contributed by atoms with van der Waals surface area (Å²) in [6.45, 7) is 3.88. The first kappa shape index (κ1) is 19.3. The van der Waals surface area contributed by atoms with Crippen LogP contribution in [-0.4, -0.2) is 48.9 Å². The SMILES string of the molecule is CC1CC(N)CN(c2ccncc2Nc2nnc3ccc(-c4ncccc4F)nn23)C1. The Balaban J connectivity index is 1.50. The van der Waals surface area contributed by atoms with Gasteiger partial charge in [-0.1, -0.05) is 6.92 Å². The van der Waals surface area contributed by atoms with Crippen molar-refractivity contribution in [2.45, 2.75) is 19.4 Å². The highest BCUT2D eigenvalue weighted by Crippen LogP contribution is 2.31. The van der Waals surface area contributed by atoms with Crippen LogP contribution in [0.1, 0.15) is 13.3 Å². The van der Waals surface area contributed by atoms with Crippen molar-refractivity contribution in [2.75, 3.05) is 23.3 Å². The smallest absolute Gasteiger partial charge is 0.250 e. The zero-order valence-corrected chi connectivity index (χ0v) is 17.0. The predicted molar refractivity (Wildman–Crippen MR) is 115 cm³/mol. The van der Waals surface area contributed by atoms with Gasteiger partial charge in [-0.25, -0.2) is 4.39 Å². The molecule has 10 heteroatoms. The van der Waals surface area contributed by atoms with Gasteiger partial charge in [0.05, 0.1) is 17.6 Å². The quantitative estimate of drug-likeness (QED) is 0.519. The molecule has 31 heavy (non-hydrogen) atoms. The number of piperidine rings is 1. The third-order valence-electron chi connectivity index (χ3n) is 5.34. The molecule has 5 rings (SSSR count). The van der Waals surface area contributed by atoms with Crippen LogP contribution in [0.15, 0.2) is 48.9 Å². The van der Waals surface area contributed by atoms with E-state index in [-0.39, 0.29) is 11.7 Å². The second kappa shape index (κ2) is 7.88. The average Bonchev–Trinajstić information content (AvgIpc) is 3.16. The van der Waals surface area contributed by atoms with Crippen LogP contribution in [0, 0.1) is 11.7 Å². The van der Waals surface area contributed by atoms with E-state index in [1.54, 1.807) is 30.6 Å². The highest BCUT2D eigenvalue weighted by atomic mass is 19.1. The lowest BCUT2D eigenvalue weighted by Gasteiger charge is -2.37. The number of nitrogens with two attached hydrogens (primary N) is 1. The molecule has 5 heterocycles. The summed E-state index contributed by atoms with van der Waals surface area (Å²) in [6, 6.07) is 8.37. The number of aromatic nitrogens is 6. The Morgan fingerprint density at radius 2 is 2.03 bits per heavy atom. The number of pyridine rings is 2. The number of nitrogens with zero attached hydrogens (tertiary/aromatic N) is 7. The van der Waals surface area contributed by atoms with Crippen LogP contribution in [0.25, 0.3) is 17.0 Å². The summed E-state index contributed by atoms with van der Waals surface area (Å²) in [6.07, 6.45) is 6.04. The van der Waals surface area contributed by atoms with Crippen molar-refractivity contribution in [3.63, 3.8) is 0 Å². The normalized spacial score (nSPS) is 19.0. The van der Waals surface area contributed by atoms with Gasteiger partial charge in [0.25, 0.3) is 5.95 Å². The Bertz CT molecular complexity index is 1210. The largest absolute Gasteiger partial charge is 0.368 e. The highest BCUT2D eigenvalue weighted by Gasteiger charge is 2.24. The fourth-order valence-corrected chi connectivity index (χ4v) is 4.04. The molecule has 1 aliphatic rings. The zero-order chi connectivity index (χ0) is 21.4. The summed E-state index contributed by atoms with van der Waals surface area (Å²) in [5, 5.41) is 16.2. The van der Waals surface area contributed by atoms with Crippen molar-refractivity contribution < 1.29 is 4.39 Å². The van der Waals surface area contributed by atoms with Crippen molar-refractivity contribution in [3.8, 4) is 11.4 Å². The van der Waals surface area contributed by atoms with Crippen LogP contribution in [-0.2, 0) is 0 Å². The third-order valence-corrected chi connectivity index (χ3v) is 5.34. The first-order chi connectivity index (χ1) is 15.1. The lowest BCUT2D eigenvalue weighted by Crippen LogP contribution is -2.46. The van der Waals surface area contributed by atoms with Crippen LogP contribution in [0.2, 0.25) is 0 Å². The summed E-state index contributed by atoms with van der Waals surface area (Å²) >= 11 is 0. The van der Waals surface area contributed by atoms with Crippen LogP contribution in [0.4, 0.5) is 21.7 Å². The van der Waals surface area contributed by atoms with Crippen molar-refractivity contribution in [3.05, 3.63) is 54.7 Å². The fourth-order valence-electron chi connectivity index (χ4n) is 4.04. The third kappa shape index (κ3) is 3.77. The molecule has 2 atom stereocenters. The van der Waals surface area contributed by atoms with Gasteiger partial charge in [-0.3, -0.25) is 9.97 Å². The summed E-state index contributed by atoms with van der Waals surface area (Å²) in [4.78, 5) is 10.6. The fraction of sp³-hybridized carbons (Fsp3) is 0.286. The van der Waals surface area contributed by atoms with Crippen molar-refractivity contribution in [2.24, 2.45) is 11.7 Å². The Hall–Kier alpha value is -3.66. The van der Waals surface area contributed by atoms with E-state index < -0.39 is 5.82 Å². The van der Waals surface area contributed by atoms with E-state index in [1.807, 2.05) is 6.07 Å². The van der Waals surface area contributed by atoms with Gasteiger partial charge in [0.2, 0.25) is 0 Å². The van der Waals surface area contributed by atoms with Gasteiger partial charge < -0.3 is 16.0 Å². The van der Waals surface area contributed by atoms with Gasteiger partial charge in [0.15, 0.2) is 11.5 Å². The van der Waals surface area contributed by atoms with Crippen LogP contribution >= 0.6 is 0 Å². The monoisotopic (exact) mass is 419 g/mol. The molecule has 3 N–H and O–H groups in total. The molecule has 2 unspecified atom stereocenters. The maximum absolute atomic E-state index is 14.2. The molecule has 158 valence electrons. The van der Waals surface area contributed by atoms with Crippen molar-refractivity contribution in [1.29, 1.82) is 0 Å². The molecule has 1 saturated heterocycles. The maximum atomic E-state index is 14.2. The van der Waals surface area contributed by atoms with Crippen molar-refractivity contribution >= 4 is 23.0 Å². The molecule has 0 aromatic carbocycles. The van der Waals surface area contributed by atoms with E-state index in [0.717, 1.165) is 30.9 Å². The maximum Gasteiger partial charge on any atom is 0.250 e. The van der Waals surface area contributed by atoms with E-state index in [1.165, 1.54) is 16.8 Å². The predicted octanol–water partition coefficient (Wildman–Crippen LogP) is 2.64. The van der Waals surface area contributed by atoms with E-state index in [0.29, 0.717) is 23.2 Å².